The fraction of sp³-hybridized carbons (Fsp3) is 0.750. The zero-order valence-electron chi connectivity index (χ0n) is 7.19. The molecule has 3 N–H and O–H groups in total. The van der Waals surface area contributed by atoms with E-state index in [4.69, 9.17) is 10.2 Å². The highest BCUT2D eigenvalue weighted by molar-refractivity contribution is 5.93. The summed E-state index contributed by atoms with van der Waals surface area (Å²) < 4.78 is 0. The van der Waals surface area contributed by atoms with E-state index < -0.39 is 18.3 Å². The third-order valence-electron chi connectivity index (χ3n) is 2.11. The molecule has 0 atom stereocenters. The second kappa shape index (κ2) is 4.23. The van der Waals surface area contributed by atoms with E-state index in [0.717, 1.165) is 0 Å². The summed E-state index contributed by atoms with van der Waals surface area (Å²) in [4.78, 5) is 20.9. The molecule has 0 aliphatic heterocycles. The molecular weight excluding hydrogens is 174 g/mol. The first-order chi connectivity index (χ1) is 6.08. The number of carbonyl (C=O) groups excluding carboxylic acids is 1. The fourth-order valence-corrected chi connectivity index (χ4v) is 1.33. The molecule has 1 aliphatic rings. The minimum atomic E-state index is -1.12. The molecule has 1 saturated carbocycles. The number of nitrogens with one attached hydrogen (secondary N) is 1. The van der Waals surface area contributed by atoms with Crippen molar-refractivity contribution in [3.63, 3.8) is 0 Å². The number of hydrogen-bond donors (Lipinski definition) is 3. The van der Waals surface area contributed by atoms with Gasteiger partial charge in [-0.15, -0.1) is 0 Å². The second-order valence-corrected chi connectivity index (χ2v) is 3.37. The van der Waals surface area contributed by atoms with E-state index in [2.05, 4.69) is 5.32 Å². The minimum absolute atomic E-state index is 0.235. The first-order valence-corrected chi connectivity index (χ1v) is 4.24. The SMILES string of the molecule is O=C(O)CC(=O)NCC1CC(O)C1. The molecule has 74 valence electrons. The molecule has 1 amide bonds. The molecule has 0 saturated heterocycles. The van der Waals surface area contributed by atoms with Crippen LogP contribution in [-0.4, -0.2) is 34.7 Å². The lowest BCUT2D eigenvalue weighted by Gasteiger charge is -2.31. The van der Waals surface area contributed by atoms with E-state index >= 15 is 0 Å². The maximum absolute atomic E-state index is 10.8. The highest BCUT2D eigenvalue weighted by Gasteiger charge is 2.27. The highest BCUT2D eigenvalue weighted by atomic mass is 16.4. The first kappa shape index (κ1) is 9.98. The summed E-state index contributed by atoms with van der Waals surface area (Å²) in [5, 5.41) is 19.7. The Morgan fingerprint density at radius 3 is 2.46 bits per heavy atom. The van der Waals surface area contributed by atoms with Crippen molar-refractivity contribution in [3.05, 3.63) is 0 Å². The van der Waals surface area contributed by atoms with Gasteiger partial charge in [-0.25, -0.2) is 0 Å². The summed E-state index contributed by atoms with van der Waals surface area (Å²) in [5.74, 6) is -1.27. The van der Waals surface area contributed by atoms with Crippen molar-refractivity contribution in [2.24, 2.45) is 5.92 Å². The van der Waals surface area contributed by atoms with Crippen LogP contribution in [0.3, 0.4) is 0 Å². The molecular formula is C8H13NO4. The summed E-state index contributed by atoms with van der Waals surface area (Å²) >= 11 is 0. The summed E-state index contributed by atoms with van der Waals surface area (Å²) in [6.07, 6.45) is 0.692. The average molecular weight is 187 g/mol. The summed E-state index contributed by atoms with van der Waals surface area (Å²) in [6.45, 7) is 0.475. The first-order valence-electron chi connectivity index (χ1n) is 4.24. The smallest absolute Gasteiger partial charge is 0.312 e. The third kappa shape index (κ3) is 3.42. The Bertz CT molecular complexity index is 210. The van der Waals surface area contributed by atoms with Crippen LogP contribution >= 0.6 is 0 Å². The molecule has 0 spiro atoms. The topological polar surface area (TPSA) is 86.6 Å². The number of carboxylic acids is 1. The van der Waals surface area contributed by atoms with Crippen molar-refractivity contribution < 1.29 is 19.8 Å². The van der Waals surface area contributed by atoms with Gasteiger partial charge in [0.1, 0.15) is 6.42 Å². The minimum Gasteiger partial charge on any atom is -0.481 e. The quantitative estimate of drug-likeness (QED) is 0.510. The van der Waals surface area contributed by atoms with Crippen LogP contribution in [0, 0.1) is 5.92 Å². The lowest BCUT2D eigenvalue weighted by atomic mass is 9.82. The number of aliphatic hydroxyl groups is 1. The van der Waals surface area contributed by atoms with Gasteiger partial charge in [-0.2, -0.15) is 0 Å². The molecule has 0 aromatic carbocycles. The summed E-state index contributed by atoms with van der Waals surface area (Å²) in [5.41, 5.74) is 0. The highest BCUT2D eigenvalue weighted by Crippen LogP contribution is 2.25. The van der Waals surface area contributed by atoms with Gasteiger partial charge >= 0.3 is 5.97 Å². The molecule has 0 aromatic rings. The van der Waals surface area contributed by atoms with Crippen LogP contribution in [0.1, 0.15) is 19.3 Å². The van der Waals surface area contributed by atoms with Crippen LogP contribution in [0.5, 0.6) is 0 Å². The van der Waals surface area contributed by atoms with Gasteiger partial charge in [-0.05, 0) is 18.8 Å². The summed E-state index contributed by atoms with van der Waals surface area (Å²) in [7, 11) is 0. The van der Waals surface area contributed by atoms with Crippen LogP contribution in [0.25, 0.3) is 0 Å². The van der Waals surface area contributed by atoms with Crippen LogP contribution in [0.4, 0.5) is 0 Å². The zero-order chi connectivity index (χ0) is 9.84. The number of aliphatic hydroxyl groups excluding tert-OH is 1. The molecule has 5 nitrogen and oxygen atoms in total. The van der Waals surface area contributed by atoms with Crippen molar-refractivity contribution in [1.29, 1.82) is 0 Å². The lowest BCUT2D eigenvalue weighted by Crippen LogP contribution is -2.38. The van der Waals surface area contributed by atoms with Gasteiger partial charge in [-0.3, -0.25) is 9.59 Å². The van der Waals surface area contributed by atoms with E-state index in [-0.39, 0.29) is 6.10 Å². The Kier molecular flexibility index (Phi) is 3.25. The lowest BCUT2D eigenvalue weighted by molar-refractivity contribution is -0.140. The van der Waals surface area contributed by atoms with E-state index in [1.165, 1.54) is 0 Å². The van der Waals surface area contributed by atoms with Crippen molar-refractivity contribution in [3.8, 4) is 0 Å². The predicted molar refractivity (Wildman–Crippen MR) is 44.0 cm³/mol. The van der Waals surface area contributed by atoms with Crippen LogP contribution in [-0.2, 0) is 9.59 Å². The standard InChI is InChI=1S/C8H13NO4/c10-6-1-5(2-6)4-9-7(11)3-8(12)13/h5-6,10H,1-4H2,(H,9,11)(H,12,13). The molecule has 0 heterocycles. The number of carbonyl (C=O) groups is 2. The third-order valence-corrected chi connectivity index (χ3v) is 2.11. The second-order valence-electron chi connectivity index (χ2n) is 3.37. The van der Waals surface area contributed by atoms with Gasteiger partial charge in [0.05, 0.1) is 6.10 Å². The number of rotatable bonds is 4. The monoisotopic (exact) mass is 187 g/mol. The van der Waals surface area contributed by atoms with E-state index in [9.17, 15) is 9.59 Å². The van der Waals surface area contributed by atoms with Gasteiger partial charge in [0.25, 0.3) is 0 Å². The molecule has 0 bridgehead atoms. The van der Waals surface area contributed by atoms with Gasteiger partial charge in [0.15, 0.2) is 0 Å². The molecule has 5 heteroatoms. The van der Waals surface area contributed by atoms with E-state index in [1.807, 2.05) is 0 Å². The fourth-order valence-electron chi connectivity index (χ4n) is 1.33. The van der Waals surface area contributed by atoms with Crippen LogP contribution in [0.15, 0.2) is 0 Å². The largest absolute Gasteiger partial charge is 0.481 e. The Morgan fingerprint density at radius 1 is 1.38 bits per heavy atom. The molecule has 13 heavy (non-hydrogen) atoms. The van der Waals surface area contributed by atoms with Crippen LogP contribution in [0.2, 0.25) is 0 Å². The Balaban J connectivity index is 2.05. The van der Waals surface area contributed by atoms with Gasteiger partial charge < -0.3 is 15.5 Å². The predicted octanol–water partition coefficient (Wildman–Crippen LogP) is -0.652. The Labute approximate surface area is 75.7 Å². The Hall–Kier alpha value is -1.10. The number of amides is 1. The molecule has 0 aromatic heterocycles. The van der Waals surface area contributed by atoms with Crippen molar-refractivity contribution in [1.82, 2.24) is 5.32 Å². The van der Waals surface area contributed by atoms with Gasteiger partial charge in [-0.1, -0.05) is 0 Å². The number of carboxylic acid groups (broad SMARTS) is 1. The van der Waals surface area contributed by atoms with Crippen molar-refractivity contribution in [2.45, 2.75) is 25.4 Å². The normalized spacial score (nSPS) is 26.2. The zero-order valence-corrected chi connectivity index (χ0v) is 7.19. The van der Waals surface area contributed by atoms with E-state index in [1.54, 1.807) is 0 Å². The van der Waals surface area contributed by atoms with Crippen LogP contribution < -0.4 is 5.32 Å². The van der Waals surface area contributed by atoms with Crippen molar-refractivity contribution >= 4 is 11.9 Å². The molecule has 1 aliphatic carbocycles. The molecule has 1 fully saturated rings. The summed E-state index contributed by atoms with van der Waals surface area (Å²) in [6, 6.07) is 0. The molecule has 0 radical (unpaired) electrons. The average Bonchev–Trinajstić information content (AvgIpc) is 1.94. The number of aliphatic carboxylic acids is 1. The maximum atomic E-state index is 10.8. The Morgan fingerprint density at radius 2 is 2.00 bits per heavy atom. The van der Waals surface area contributed by atoms with Gasteiger partial charge in [0, 0.05) is 6.54 Å². The molecule has 0 unspecified atom stereocenters. The number of hydrogen-bond acceptors (Lipinski definition) is 3. The van der Waals surface area contributed by atoms with E-state index in [0.29, 0.717) is 25.3 Å². The maximum Gasteiger partial charge on any atom is 0.312 e. The van der Waals surface area contributed by atoms with Crippen molar-refractivity contribution in [2.75, 3.05) is 6.54 Å². The molecule has 1 rings (SSSR count). The van der Waals surface area contributed by atoms with Gasteiger partial charge in [0.2, 0.25) is 5.91 Å².